The van der Waals surface area contributed by atoms with Crippen molar-refractivity contribution in [2.75, 3.05) is 27.2 Å². The number of esters is 1. The van der Waals surface area contributed by atoms with E-state index in [-0.39, 0.29) is 53.9 Å². The predicted octanol–water partition coefficient (Wildman–Crippen LogP) is 0.493. The molecule has 8 heteroatoms. The molecular formula is C13H27IN4O3. The zero-order valence-electron chi connectivity index (χ0n) is 13.6. The van der Waals surface area contributed by atoms with Crippen LogP contribution >= 0.6 is 24.0 Å². The van der Waals surface area contributed by atoms with Gasteiger partial charge in [0.2, 0.25) is 5.91 Å². The average molecular weight is 414 g/mol. The van der Waals surface area contributed by atoms with Crippen LogP contribution in [0.2, 0.25) is 0 Å². The van der Waals surface area contributed by atoms with Gasteiger partial charge in [0.05, 0.1) is 19.6 Å². The van der Waals surface area contributed by atoms with Crippen LogP contribution in [-0.2, 0) is 14.3 Å². The van der Waals surface area contributed by atoms with Crippen LogP contribution in [0.5, 0.6) is 0 Å². The Morgan fingerprint density at radius 1 is 1.24 bits per heavy atom. The van der Waals surface area contributed by atoms with E-state index in [1.165, 1.54) is 7.11 Å². The van der Waals surface area contributed by atoms with Crippen LogP contribution in [-0.4, -0.2) is 50.6 Å². The topological polar surface area (TPSA) is 91.8 Å². The molecule has 0 aliphatic rings. The summed E-state index contributed by atoms with van der Waals surface area (Å²) in [5.74, 6) is -0.244. The van der Waals surface area contributed by atoms with Crippen LogP contribution in [0, 0.1) is 5.92 Å². The van der Waals surface area contributed by atoms with E-state index in [9.17, 15) is 9.59 Å². The first-order valence-corrected chi connectivity index (χ1v) is 6.53. The maximum absolute atomic E-state index is 11.6. The summed E-state index contributed by atoms with van der Waals surface area (Å²) < 4.78 is 4.63. The Hall–Kier alpha value is -1.06. The van der Waals surface area contributed by atoms with Crippen molar-refractivity contribution in [3.05, 3.63) is 0 Å². The number of nitrogens with zero attached hydrogens (tertiary/aromatic N) is 1. The van der Waals surface area contributed by atoms with Gasteiger partial charge in [0.1, 0.15) is 0 Å². The van der Waals surface area contributed by atoms with Crippen molar-refractivity contribution in [1.29, 1.82) is 0 Å². The molecule has 1 unspecified atom stereocenters. The average Bonchev–Trinajstić information content (AvgIpc) is 2.35. The number of guanidine groups is 1. The smallest absolute Gasteiger partial charge is 0.310 e. The lowest BCUT2D eigenvalue weighted by Gasteiger charge is -2.21. The van der Waals surface area contributed by atoms with Crippen molar-refractivity contribution in [3.8, 4) is 0 Å². The standard InChI is InChI=1S/C13H26N4O3.HI/c1-9(11(19)20-6)7-15-12(14-5)16-8-10(18)17-13(2,3)4;/h9H,7-8H2,1-6H3,(H,17,18)(H2,14,15,16);1H. The number of amides is 1. The summed E-state index contributed by atoms with van der Waals surface area (Å²) in [5.41, 5.74) is -0.269. The van der Waals surface area contributed by atoms with E-state index in [0.717, 1.165) is 0 Å². The van der Waals surface area contributed by atoms with E-state index in [1.807, 2.05) is 20.8 Å². The van der Waals surface area contributed by atoms with Gasteiger partial charge in [-0.05, 0) is 20.8 Å². The largest absolute Gasteiger partial charge is 0.469 e. The molecule has 0 fully saturated rings. The Morgan fingerprint density at radius 2 is 1.81 bits per heavy atom. The quantitative estimate of drug-likeness (QED) is 0.264. The number of carbonyl (C=O) groups is 2. The summed E-state index contributed by atoms with van der Waals surface area (Å²) in [6.07, 6.45) is 0. The van der Waals surface area contributed by atoms with E-state index in [2.05, 4.69) is 25.7 Å². The molecule has 0 saturated heterocycles. The number of carbonyl (C=O) groups excluding carboxylic acids is 2. The van der Waals surface area contributed by atoms with Crippen molar-refractivity contribution in [2.45, 2.75) is 33.2 Å². The van der Waals surface area contributed by atoms with Crippen LogP contribution in [0.15, 0.2) is 4.99 Å². The number of aliphatic imine (C=N–C) groups is 1. The number of nitrogens with one attached hydrogen (secondary N) is 3. The van der Waals surface area contributed by atoms with Gasteiger partial charge >= 0.3 is 5.97 Å². The third kappa shape index (κ3) is 11.3. The Morgan fingerprint density at radius 3 is 2.24 bits per heavy atom. The van der Waals surface area contributed by atoms with Crippen LogP contribution in [0.3, 0.4) is 0 Å². The van der Waals surface area contributed by atoms with Crippen molar-refractivity contribution < 1.29 is 14.3 Å². The normalized spacial score (nSPS) is 12.8. The zero-order chi connectivity index (χ0) is 15.8. The van der Waals surface area contributed by atoms with Gasteiger partial charge in [0.25, 0.3) is 0 Å². The van der Waals surface area contributed by atoms with E-state index < -0.39 is 0 Å². The van der Waals surface area contributed by atoms with Crippen molar-refractivity contribution in [2.24, 2.45) is 10.9 Å². The SMILES string of the molecule is CN=C(NCC(=O)NC(C)(C)C)NCC(C)C(=O)OC.I. The van der Waals surface area contributed by atoms with Gasteiger partial charge in [-0.25, -0.2) is 0 Å². The first kappa shape index (κ1) is 22.2. The number of hydrogen-bond acceptors (Lipinski definition) is 4. The third-order valence-corrected chi connectivity index (χ3v) is 2.33. The second-order valence-electron chi connectivity index (χ2n) is 5.53. The van der Waals surface area contributed by atoms with E-state index in [0.29, 0.717) is 12.5 Å². The maximum Gasteiger partial charge on any atom is 0.310 e. The highest BCUT2D eigenvalue weighted by Gasteiger charge is 2.15. The van der Waals surface area contributed by atoms with Crippen LogP contribution in [0.25, 0.3) is 0 Å². The molecule has 0 bridgehead atoms. The molecule has 0 rings (SSSR count). The van der Waals surface area contributed by atoms with Gasteiger partial charge in [0, 0.05) is 19.1 Å². The van der Waals surface area contributed by atoms with Gasteiger partial charge < -0.3 is 20.7 Å². The fourth-order valence-corrected chi connectivity index (χ4v) is 1.38. The summed E-state index contributed by atoms with van der Waals surface area (Å²) in [7, 11) is 2.95. The number of ether oxygens (including phenoxy) is 1. The lowest BCUT2D eigenvalue weighted by Crippen LogP contribution is -2.48. The summed E-state index contributed by atoms with van der Waals surface area (Å²) in [6.45, 7) is 7.98. The summed E-state index contributed by atoms with van der Waals surface area (Å²) in [6, 6.07) is 0. The Balaban J connectivity index is 0. The number of hydrogen-bond donors (Lipinski definition) is 3. The lowest BCUT2D eigenvalue weighted by atomic mass is 10.1. The molecule has 0 aromatic rings. The Labute approximate surface area is 143 Å². The van der Waals surface area contributed by atoms with E-state index >= 15 is 0 Å². The maximum atomic E-state index is 11.6. The van der Waals surface area contributed by atoms with Gasteiger partial charge in [-0.3, -0.25) is 14.6 Å². The van der Waals surface area contributed by atoms with Gasteiger partial charge in [0.15, 0.2) is 5.96 Å². The molecule has 0 aliphatic carbocycles. The molecule has 0 aromatic heterocycles. The van der Waals surface area contributed by atoms with Crippen LogP contribution < -0.4 is 16.0 Å². The number of rotatable bonds is 5. The highest BCUT2D eigenvalue weighted by Crippen LogP contribution is 1.97. The van der Waals surface area contributed by atoms with Crippen molar-refractivity contribution >= 4 is 41.8 Å². The van der Waals surface area contributed by atoms with Gasteiger partial charge in [-0.1, -0.05) is 6.92 Å². The zero-order valence-corrected chi connectivity index (χ0v) is 15.9. The number of halogens is 1. The Kier molecular flexibility index (Phi) is 11.3. The fourth-order valence-electron chi connectivity index (χ4n) is 1.38. The number of methoxy groups -OCH3 is 1. The van der Waals surface area contributed by atoms with E-state index in [1.54, 1.807) is 14.0 Å². The minimum absolute atomic E-state index is 0. The molecular weight excluding hydrogens is 387 g/mol. The summed E-state index contributed by atoms with van der Waals surface area (Å²) in [4.78, 5) is 26.9. The monoisotopic (exact) mass is 414 g/mol. The summed E-state index contributed by atoms with van der Waals surface area (Å²) >= 11 is 0. The first-order valence-electron chi connectivity index (χ1n) is 6.53. The second-order valence-corrected chi connectivity index (χ2v) is 5.53. The molecule has 0 heterocycles. The molecule has 0 aliphatic heterocycles. The molecule has 0 spiro atoms. The minimum Gasteiger partial charge on any atom is -0.469 e. The Bertz CT molecular complexity index is 367. The third-order valence-electron chi connectivity index (χ3n) is 2.33. The lowest BCUT2D eigenvalue weighted by molar-refractivity contribution is -0.144. The van der Waals surface area contributed by atoms with Gasteiger partial charge in [-0.2, -0.15) is 0 Å². The molecule has 1 amide bonds. The van der Waals surface area contributed by atoms with Crippen molar-refractivity contribution in [3.63, 3.8) is 0 Å². The first-order chi connectivity index (χ1) is 9.19. The highest BCUT2D eigenvalue weighted by molar-refractivity contribution is 14.0. The van der Waals surface area contributed by atoms with Crippen LogP contribution in [0.4, 0.5) is 0 Å². The minimum atomic E-state index is -0.293. The molecule has 124 valence electrons. The molecule has 3 N–H and O–H groups in total. The molecule has 0 radical (unpaired) electrons. The molecule has 21 heavy (non-hydrogen) atoms. The van der Waals surface area contributed by atoms with Crippen LogP contribution in [0.1, 0.15) is 27.7 Å². The van der Waals surface area contributed by atoms with Gasteiger partial charge in [-0.15, -0.1) is 24.0 Å². The molecule has 7 nitrogen and oxygen atoms in total. The molecule has 1 atom stereocenters. The van der Waals surface area contributed by atoms with E-state index in [4.69, 9.17) is 0 Å². The highest BCUT2D eigenvalue weighted by atomic mass is 127. The van der Waals surface area contributed by atoms with Crippen molar-refractivity contribution in [1.82, 2.24) is 16.0 Å². The second kappa shape index (κ2) is 10.6. The molecule has 0 saturated carbocycles. The summed E-state index contributed by atoms with van der Waals surface area (Å²) in [5, 5.41) is 8.67. The predicted molar refractivity (Wildman–Crippen MR) is 93.9 cm³/mol. The molecule has 0 aromatic carbocycles. The fraction of sp³-hybridized carbons (Fsp3) is 0.769.